The second-order valence-corrected chi connectivity index (χ2v) is 4.03. The first-order valence-electron chi connectivity index (χ1n) is 5.45. The zero-order valence-corrected chi connectivity index (χ0v) is 10.4. The van der Waals surface area contributed by atoms with Crippen molar-refractivity contribution in [1.29, 1.82) is 0 Å². The van der Waals surface area contributed by atoms with Gasteiger partial charge in [-0.15, -0.1) is 0 Å². The van der Waals surface area contributed by atoms with Gasteiger partial charge in [0.15, 0.2) is 0 Å². The van der Waals surface area contributed by atoms with E-state index in [1.165, 1.54) is 17.0 Å². The fraction of sp³-hybridized carbons (Fsp3) is 0.333. The van der Waals surface area contributed by atoms with Gasteiger partial charge in [-0.3, -0.25) is 9.59 Å². The van der Waals surface area contributed by atoms with Gasteiger partial charge >= 0.3 is 0 Å². The highest BCUT2D eigenvalue weighted by atomic mass is 19.1. The Labute approximate surface area is 105 Å². The van der Waals surface area contributed by atoms with Crippen molar-refractivity contribution in [2.45, 2.75) is 6.42 Å². The molecule has 3 N–H and O–H groups in total. The second kappa shape index (κ2) is 6.00. The normalized spacial score (nSPS) is 9.94. The molecule has 0 saturated heterocycles. The van der Waals surface area contributed by atoms with Crippen molar-refractivity contribution in [2.24, 2.45) is 0 Å². The first-order chi connectivity index (χ1) is 8.41. The predicted molar refractivity (Wildman–Crippen MR) is 66.5 cm³/mol. The number of anilines is 1. The lowest BCUT2D eigenvalue weighted by Gasteiger charge is -2.11. The highest BCUT2D eigenvalue weighted by Gasteiger charge is 2.11. The molecule has 1 aromatic rings. The number of carbonyl (C=O) groups excluding carboxylic acids is 2. The van der Waals surface area contributed by atoms with Crippen LogP contribution in [0.5, 0.6) is 0 Å². The van der Waals surface area contributed by atoms with E-state index in [4.69, 9.17) is 5.73 Å². The van der Waals surface area contributed by atoms with E-state index in [0.29, 0.717) is 0 Å². The minimum Gasteiger partial charge on any atom is -0.398 e. The van der Waals surface area contributed by atoms with Crippen molar-refractivity contribution in [3.63, 3.8) is 0 Å². The Kier molecular flexibility index (Phi) is 4.65. The van der Waals surface area contributed by atoms with E-state index in [1.807, 2.05) is 0 Å². The molecule has 6 heteroatoms. The van der Waals surface area contributed by atoms with E-state index in [9.17, 15) is 14.0 Å². The molecule has 18 heavy (non-hydrogen) atoms. The number of rotatable bonds is 4. The maximum Gasteiger partial charge on any atom is 0.253 e. The molecular formula is C12H16FN3O2. The standard InChI is InChI=1S/C12H16FN3O2/c1-16(2)11(17)5-6-15-12(18)9-7-8(13)3-4-10(9)14/h3-4,7H,5-6,14H2,1-2H3,(H,15,18). The van der Waals surface area contributed by atoms with Gasteiger partial charge in [0.2, 0.25) is 5.91 Å². The molecule has 0 unspecified atom stereocenters. The molecule has 1 aromatic carbocycles. The zero-order valence-electron chi connectivity index (χ0n) is 10.4. The third kappa shape index (κ3) is 3.73. The number of hydrogen-bond acceptors (Lipinski definition) is 3. The summed E-state index contributed by atoms with van der Waals surface area (Å²) in [5.74, 6) is -1.11. The molecule has 0 fully saturated rings. The van der Waals surface area contributed by atoms with Gasteiger partial charge < -0.3 is 16.0 Å². The Morgan fingerprint density at radius 1 is 1.39 bits per heavy atom. The van der Waals surface area contributed by atoms with Gasteiger partial charge in [0.25, 0.3) is 5.91 Å². The number of carbonyl (C=O) groups is 2. The van der Waals surface area contributed by atoms with Crippen LogP contribution in [-0.2, 0) is 4.79 Å². The summed E-state index contributed by atoms with van der Waals surface area (Å²) in [5.41, 5.74) is 5.85. The first kappa shape index (κ1) is 14.0. The number of nitrogens with two attached hydrogens (primary N) is 1. The summed E-state index contributed by atoms with van der Waals surface area (Å²) in [6, 6.07) is 3.58. The summed E-state index contributed by atoms with van der Waals surface area (Å²) in [5, 5.41) is 2.52. The summed E-state index contributed by atoms with van der Waals surface area (Å²) < 4.78 is 13.0. The lowest BCUT2D eigenvalue weighted by atomic mass is 10.1. The molecule has 0 aromatic heterocycles. The lowest BCUT2D eigenvalue weighted by molar-refractivity contribution is -0.128. The average Bonchev–Trinajstić information content (AvgIpc) is 2.31. The summed E-state index contributed by atoms with van der Waals surface area (Å²) in [7, 11) is 3.27. The van der Waals surface area contributed by atoms with Gasteiger partial charge in [-0.25, -0.2) is 4.39 Å². The molecule has 0 saturated carbocycles. The SMILES string of the molecule is CN(C)C(=O)CCNC(=O)c1cc(F)ccc1N. The summed E-state index contributed by atoms with van der Waals surface area (Å²) >= 11 is 0. The highest BCUT2D eigenvalue weighted by Crippen LogP contribution is 2.12. The number of nitrogen functional groups attached to an aromatic ring is 1. The van der Waals surface area contributed by atoms with E-state index < -0.39 is 11.7 Å². The van der Waals surface area contributed by atoms with Crippen LogP contribution in [0.15, 0.2) is 18.2 Å². The predicted octanol–water partition coefficient (Wildman–Crippen LogP) is 0.616. The molecule has 98 valence electrons. The maximum absolute atomic E-state index is 13.0. The van der Waals surface area contributed by atoms with Gasteiger partial charge in [0.05, 0.1) is 5.56 Å². The van der Waals surface area contributed by atoms with Crippen LogP contribution in [-0.4, -0.2) is 37.4 Å². The molecule has 0 aliphatic carbocycles. The van der Waals surface area contributed by atoms with E-state index in [-0.39, 0.29) is 30.1 Å². The van der Waals surface area contributed by atoms with Crippen molar-refractivity contribution >= 4 is 17.5 Å². The Bertz CT molecular complexity index is 461. The Hall–Kier alpha value is -2.11. The fourth-order valence-corrected chi connectivity index (χ4v) is 1.33. The van der Waals surface area contributed by atoms with Gasteiger partial charge in [-0.05, 0) is 18.2 Å². The molecule has 5 nitrogen and oxygen atoms in total. The molecular weight excluding hydrogens is 237 g/mol. The summed E-state index contributed by atoms with van der Waals surface area (Å²) in [6.07, 6.45) is 0.188. The smallest absolute Gasteiger partial charge is 0.253 e. The van der Waals surface area contributed by atoms with Crippen LogP contribution in [0.4, 0.5) is 10.1 Å². The maximum atomic E-state index is 13.0. The van der Waals surface area contributed by atoms with Crippen LogP contribution < -0.4 is 11.1 Å². The third-order valence-electron chi connectivity index (χ3n) is 2.38. The number of nitrogens with one attached hydrogen (secondary N) is 1. The van der Waals surface area contributed by atoms with Crippen molar-refractivity contribution in [3.05, 3.63) is 29.6 Å². The van der Waals surface area contributed by atoms with E-state index in [1.54, 1.807) is 14.1 Å². The van der Waals surface area contributed by atoms with Crippen molar-refractivity contribution in [2.75, 3.05) is 26.4 Å². The quantitative estimate of drug-likeness (QED) is 0.772. The molecule has 1 rings (SSSR count). The molecule has 0 heterocycles. The van der Waals surface area contributed by atoms with Crippen LogP contribution in [0.25, 0.3) is 0 Å². The van der Waals surface area contributed by atoms with Gasteiger partial charge in [-0.2, -0.15) is 0 Å². The molecule has 0 aliphatic heterocycles. The van der Waals surface area contributed by atoms with Crippen LogP contribution in [0.1, 0.15) is 16.8 Å². The topological polar surface area (TPSA) is 75.4 Å². The monoisotopic (exact) mass is 253 g/mol. The van der Waals surface area contributed by atoms with Crippen LogP contribution in [0.2, 0.25) is 0 Å². The highest BCUT2D eigenvalue weighted by molar-refractivity contribution is 5.99. The summed E-state index contributed by atoms with van der Waals surface area (Å²) in [6.45, 7) is 0.186. The van der Waals surface area contributed by atoms with Crippen molar-refractivity contribution in [1.82, 2.24) is 10.2 Å². The van der Waals surface area contributed by atoms with Crippen LogP contribution in [0, 0.1) is 5.82 Å². The lowest BCUT2D eigenvalue weighted by Crippen LogP contribution is -2.30. The number of halogens is 1. The number of amides is 2. The van der Waals surface area contributed by atoms with Crippen LogP contribution in [0.3, 0.4) is 0 Å². The minimum absolute atomic E-state index is 0.0762. The summed E-state index contributed by atoms with van der Waals surface area (Å²) in [4.78, 5) is 24.4. The zero-order chi connectivity index (χ0) is 13.7. The van der Waals surface area contributed by atoms with E-state index >= 15 is 0 Å². The number of nitrogens with zero attached hydrogens (tertiary/aromatic N) is 1. The Morgan fingerprint density at radius 2 is 2.06 bits per heavy atom. The first-order valence-corrected chi connectivity index (χ1v) is 5.45. The Balaban J connectivity index is 2.56. The van der Waals surface area contributed by atoms with E-state index in [2.05, 4.69) is 5.32 Å². The Morgan fingerprint density at radius 3 is 2.67 bits per heavy atom. The van der Waals surface area contributed by atoms with Gasteiger partial charge in [0.1, 0.15) is 5.82 Å². The number of benzene rings is 1. The molecule has 0 bridgehead atoms. The largest absolute Gasteiger partial charge is 0.398 e. The van der Waals surface area contributed by atoms with Gasteiger partial charge in [0, 0.05) is 32.7 Å². The van der Waals surface area contributed by atoms with Crippen molar-refractivity contribution in [3.8, 4) is 0 Å². The fourth-order valence-electron chi connectivity index (χ4n) is 1.33. The van der Waals surface area contributed by atoms with Crippen LogP contribution >= 0.6 is 0 Å². The minimum atomic E-state index is -0.529. The molecule has 0 spiro atoms. The molecule has 2 amide bonds. The van der Waals surface area contributed by atoms with E-state index in [0.717, 1.165) is 6.07 Å². The average molecular weight is 253 g/mol. The molecule has 0 atom stereocenters. The second-order valence-electron chi connectivity index (χ2n) is 4.03. The molecule has 0 aliphatic rings. The van der Waals surface area contributed by atoms with Gasteiger partial charge in [-0.1, -0.05) is 0 Å². The third-order valence-corrected chi connectivity index (χ3v) is 2.38. The van der Waals surface area contributed by atoms with Crippen molar-refractivity contribution < 1.29 is 14.0 Å². The number of hydrogen-bond donors (Lipinski definition) is 2. The molecule has 0 radical (unpaired) electrons.